The molecule has 1 aromatic carbocycles. The summed E-state index contributed by atoms with van der Waals surface area (Å²) in [4.78, 5) is 11.9. The summed E-state index contributed by atoms with van der Waals surface area (Å²) in [5, 5.41) is 0. The monoisotopic (exact) mass is 278 g/mol. The van der Waals surface area contributed by atoms with E-state index in [0.29, 0.717) is 6.42 Å². The Kier molecular flexibility index (Phi) is 5.72. The van der Waals surface area contributed by atoms with Gasteiger partial charge in [-0.2, -0.15) is 0 Å². The minimum atomic E-state index is -0.273. The molecule has 0 N–H and O–H groups in total. The molecule has 0 bridgehead atoms. The molecule has 0 heterocycles. The molecule has 0 aliphatic heterocycles. The van der Waals surface area contributed by atoms with Crippen molar-refractivity contribution >= 4 is 5.78 Å². The first-order valence-electron chi connectivity index (χ1n) is 7.55. The average molecular weight is 278 g/mol. The third kappa shape index (κ3) is 4.71. The summed E-state index contributed by atoms with van der Waals surface area (Å²) in [6, 6.07) is 6.08. The van der Waals surface area contributed by atoms with E-state index in [9.17, 15) is 9.18 Å². The molecule has 1 aliphatic rings. The van der Waals surface area contributed by atoms with E-state index in [1.54, 1.807) is 12.1 Å². The lowest BCUT2D eigenvalue weighted by atomic mass is 9.85. The number of hydrogen-bond acceptors (Lipinski definition) is 2. The van der Waals surface area contributed by atoms with Gasteiger partial charge in [0.05, 0.1) is 6.10 Å². The van der Waals surface area contributed by atoms with Crippen LogP contribution in [-0.4, -0.2) is 18.5 Å². The van der Waals surface area contributed by atoms with Crippen molar-refractivity contribution in [2.45, 2.75) is 51.6 Å². The molecule has 1 aliphatic carbocycles. The Bertz CT molecular complexity index is 427. The molecule has 1 fully saturated rings. The lowest BCUT2D eigenvalue weighted by Crippen LogP contribution is -2.25. The molecule has 2 rings (SSSR count). The summed E-state index contributed by atoms with van der Waals surface area (Å²) >= 11 is 0. The van der Waals surface area contributed by atoms with Crippen LogP contribution in [-0.2, 0) is 16.0 Å². The fraction of sp³-hybridized carbons (Fsp3) is 0.588. The van der Waals surface area contributed by atoms with Crippen molar-refractivity contribution in [1.29, 1.82) is 0 Å². The molecule has 2 unspecified atom stereocenters. The van der Waals surface area contributed by atoms with E-state index in [1.165, 1.54) is 31.4 Å². The number of rotatable bonds is 6. The molecule has 110 valence electrons. The van der Waals surface area contributed by atoms with E-state index >= 15 is 0 Å². The molecular weight excluding hydrogens is 255 g/mol. The van der Waals surface area contributed by atoms with Gasteiger partial charge in [0.15, 0.2) is 5.78 Å². The molecule has 1 saturated carbocycles. The number of halogens is 1. The highest BCUT2D eigenvalue weighted by atomic mass is 19.1. The molecule has 20 heavy (non-hydrogen) atoms. The third-order valence-electron chi connectivity index (χ3n) is 4.11. The van der Waals surface area contributed by atoms with E-state index in [1.807, 2.05) is 0 Å². The van der Waals surface area contributed by atoms with Crippen LogP contribution >= 0.6 is 0 Å². The second-order valence-corrected chi connectivity index (χ2v) is 5.72. The molecule has 3 heteroatoms. The zero-order valence-corrected chi connectivity index (χ0v) is 12.1. The lowest BCUT2D eigenvalue weighted by Gasteiger charge is -2.28. The first-order chi connectivity index (χ1) is 9.67. The van der Waals surface area contributed by atoms with Crippen LogP contribution in [0.1, 0.15) is 44.6 Å². The van der Waals surface area contributed by atoms with Gasteiger partial charge in [-0.1, -0.05) is 38.3 Å². The highest BCUT2D eigenvalue weighted by Crippen LogP contribution is 2.28. The van der Waals surface area contributed by atoms with E-state index in [4.69, 9.17) is 4.74 Å². The molecular formula is C17H23FO2. The summed E-state index contributed by atoms with van der Waals surface area (Å²) in [7, 11) is 0. The molecule has 2 atom stereocenters. The molecule has 0 amide bonds. The van der Waals surface area contributed by atoms with Gasteiger partial charge < -0.3 is 4.74 Å². The standard InChI is InChI=1S/C17H23FO2/c1-2-13-4-3-5-17(11-13)20-12-16(19)10-14-6-8-15(18)9-7-14/h6-9,13,17H,2-5,10-12H2,1H3. The van der Waals surface area contributed by atoms with Crippen LogP contribution in [0.3, 0.4) is 0 Å². The molecule has 0 spiro atoms. The predicted octanol–water partition coefficient (Wildman–Crippen LogP) is 3.92. The Morgan fingerprint density at radius 3 is 2.75 bits per heavy atom. The molecule has 0 radical (unpaired) electrons. The number of carbonyl (C=O) groups is 1. The van der Waals surface area contributed by atoms with Crippen molar-refractivity contribution < 1.29 is 13.9 Å². The summed E-state index contributed by atoms with van der Waals surface area (Å²) in [6.07, 6.45) is 6.41. The average Bonchev–Trinajstić information content (AvgIpc) is 2.48. The zero-order valence-electron chi connectivity index (χ0n) is 12.1. The van der Waals surface area contributed by atoms with Gasteiger partial charge in [0.1, 0.15) is 12.4 Å². The van der Waals surface area contributed by atoms with Crippen LogP contribution in [0, 0.1) is 11.7 Å². The van der Waals surface area contributed by atoms with Gasteiger partial charge in [-0.25, -0.2) is 4.39 Å². The maximum absolute atomic E-state index is 12.8. The van der Waals surface area contributed by atoms with Crippen LogP contribution < -0.4 is 0 Å². The van der Waals surface area contributed by atoms with Crippen LogP contribution in [0.5, 0.6) is 0 Å². The van der Waals surface area contributed by atoms with E-state index < -0.39 is 0 Å². The van der Waals surface area contributed by atoms with Gasteiger partial charge in [0, 0.05) is 6.42 Å². The molecule has 1 aromatic rings. The largest absolute Gasteiger partial charge is 0.370 e. The van der Waals surface area contributed by atoms with Crippen molar-refractivity contribution in [3.8, 4) is 0 Å². The van der Waals surface area contributed by atoms with Gasteiger partial charge in [0.2, 0.25) is 0 Å². The first kappa shape index (κ1) is 15.2. The Labute approximate surface area is 120 Å². The summed E-state index contributed by atoms with van der Waals surface area (Å²) in [5.41, 5.74) is 0.843. The summed E-state index contributed by atoms with van der Waals surface area (Å²) < 4.78 is 18.5. The quantitative estimate of drug-likeness (QED) is 0.788. The van der Waals surface area contributed by atoms with Crippen molar-refractivity contribution in [2.24, 2.45) is 5.92 Å². The lowest BCUT2D eigenvalue weighted by molar-refractivity contribution is -0.126. The minimum Gasteiger partial charge on any atom is -0.370 e. The number of ether oxygens (including phenoxy) is 1. The van der Waals surface area contributed by atoms with Gasteiger partial charge in [0.25, 0.3) is 0 Å². The maximum Gasteiger partial charge on any atom is 0.162 e. The number of ketones is 1. The van der Waals surface area contributed by atoms with Crippen molar-refractivity contribution in [3.05, 3.63) is 35.6 Å². The number of hydrogen-bond donors (Lipinski definition) is 0. The smallest absolute Gasteiger partial charge is 0.162 e. The summed E-state index contributed by atoms with van der Waals surface area (Å²) in [5.74, 6) is 0.543. The van der Waals surface area contributed by atoms with E-state index in [2.05, 4.69) is 6.92 Å². The Hall–Kier alpha value is -1.22. The molecule has 0 aromatic heterocycles. The molecule has 0 saturated heterocycles. The highest BCUT2D eigenvalue weighted by Gasteiger charge is 2.21. The summed E-state index contributed by atoms with van der Waals surface area (Å²) in [6.45, 7) is 2.39. The van der Waals surface area contributed by atoms with Crippen molar-refractivity contribution in [2.75, 3.05) is 6.61 Å². The van der Waals surface area contributed by atoms with Crippen molar-refractivity contribution in [3.63, 3.8) is 0 Å². The zero-order chi connectivity index (χ0) is 14.4. The van der Waals surface area contributed by atoms with Crippen LogP contribution in [0.2, 0.25) is 0 Å². The van der Waals surface area contributed by atoms with Crippen LogP contribution in [0.25, 0.3) is 0 Å². The van der Waals surface area contributed by atoms with Gasteiger partial charge in [-0.15, -0.1) is 0 Å². The van der Waals surface area contributed by atoms with E-state index in [-0.39, 0.29) is 24.3 Å². The fourth-order valence-corrected chi connectivity index (χ4v) is 2.86. The number of carbonyl (C=O) groups excluding carboxylic acids is 1. The first-order valence-corrected chi connectivity index (χ1v) is 7.55. The van der Waals surface area contributed by atoms with Gasteiger partial charge in [-0.05, 0) is 36.5 Å². The maximum atomic E-state index is 12.8. The Balaban J connectivity index is 1.73. The second kappa shape index (κ2) is 7.53. The van der Waals surface area contributed by atoms with Gasteiger partial charge in [-0.3, -0.25) is 4.79 Å². The van der Waals surface area contributed by atoms with Gasteiger partial charge >= 0.3 is 0 Å². The minimum absolute atomic E-state index is 0.0650. The van der Waals surface area contributed by atoms with Crippen molar-refractivity contribution in [1.82, 2.24) is 0 Å². The Morgan fingerprint density at radius 2 is 2.05 bits per heavy atom. The van der Waals surface area contributed by atoms with E-state index in [0.717, 1.165) is 24.3 Å². The van der Waals surface area contributed by atoms with Crippen LogP contribution in [0.15, 0.2) is 24.3 Å². The third-order valence-corrected chi connectivity index (χ3v) is 4.11. The Morgan fingerprint density at radius 1 is 1.30 bits per heavy atom. The number of Topliss-reactive ketones (excluding diaryl/α,β-unsaturated/α-hetero) is 1. The second-order valence-electron chi connectivity index (χ2n) is 5.72. The highest BCUT2D eigenvalue weighted by molar-refractivity contribution is 5.82. The topological polar surface area (TPSA) is 26.3 Å². The number of benzene rings is 1. The fourth-order valence-electron chi connectivity index (χ4n) is 2.86. The normalized spacial score (nSPS) is 22.7. The molecule has 2 nitrogen and oxygen atoms in total. The SMILES string of the molecule is CCC1CCCC(OCC(=O)Cc2ccc(F)cc2)C1. The predicted molar refractivity (Wildman–Crippen MR) is 77.1 cm³/mol. The van der Waals surface area contributed by atoms with Crippen LogP contribution in [0.4, 0.5) is 4.39 Å².